The van der Waals surface area contributed by atoms with Gasteiger partial charge in [-0.15, -0.1) is 5.06 Å². The van der Waals surface area contributed by atoms with Crippen molar-refractivity contribution < 1.29 is 24.0 Å². The summed E-state index contributed by atoms with van der Waals surface area (Å²) in [6.45, 7) is 1.48. The van der Waals surface area contributed by atoms with Gasteiger partial charge in [-0.05, 0) is 17.7 Å². The number of hydrogen-bond acceptors (Lipinski definition) is 6. The number of imide groups is 1. The van der Waals surface area contributed by atoms with E-state index in [0.717, 1.165) is 10.6 Å². The van der Waals surface area contributed by atoms with Crippen LogP contribution in [0.2, 0.25) is 0 Å². The number of ether oxygens (including phenoxy) is 1. The van der Waals surface area contributed by atoms with Crippen molar-refractivity contribution in [1.29, 1.82) is 0 Å². The van der Waals surface area contributed by atoms with E-state index in [0.29, 0.717) is 11.4 Å². The van der Waals surface area contributed by atoms with Gasteiger partial charge < -0.3 is 14.9 Å². The Bertz CT molecular complexity index is 569. The van der Waals surface area contributed by atoms with Gasteiger partial charge in [-0.25, -0.2) is 0 Å². The molecule has 0 saturated carbocycles. The molecule has 2 amide bonds. The Balaban J connectivity index is 2.14. The summed E-state index contributed by atoms with van der Waals surface area (Å²) >= 11 is 0. The number of carbonyl (C=O) groups is 3. The first-order valence-electron chi connectivity index (χ1n) is 6.49. The van der Waals surface area contributed by atoms with Crippen molar-refractivity contribution in [3.8, 4) is 5.75 Å². The van der Waals surface area contributed by atoms with Gasteiger partial charge in [-0.2, -0.15) is 0 Å². The first-order chi connectivity index (χ1) is 10.0. The highest BCUT2D eigenvalue weighted by Crippen LogP contribution is 2.28. The molecule has 0 aromatic heterocycles. The molecule has 0 spiro atoms. The van der Waals surface area contributed by atoms with Crippen LogP contribution in [0.5, 0.6) is 5.75 Å². The number of carbonyl (C=O) groups excluding carboxylic acids is 3. The third-order valence-corrected chi connectivity index (χ3v) is 2.95. The van der Waals surface area contributed by atoms with Crippen LogP contribution in [0.15, 0.2) is 18.2 Å². The van der Waals surface area contributed by atoms with E-state index in [9.17, 15) is 14.4 Å². The number of nitrogens with one attached hydrogen (secondary N) is 1. The van der Waals surface area contributed by atoms with Crippen molar-refractivity contribution in [2.45, 2.75) is 26.4 Å². The summed E-state index contributed by atoms with van der Waals surface area (Å²) < 4.78 is 4.91. The van der Waals surface area contributed by atoms with Crippen molar-refractivity contribution in [3.05, 3.63) is 23.8 Å². The second-order valence-electron chi connectivity index (χ2n) is 4.53. The highest BCUT2D eigenvalue weighted by atomic mass is 16.7. The van der Waals surface area contributed by atoms with Gasteiger partial charge in [0, 0.05) is 26.8 Å². The number of hydrogen-bond donors (Lipinski definition) is 1. The summed E-state index contributed by atoms with van der Waals surface area (Å²) in [5, 5.41) is 3.69. The van der Waals surface area contributed by atoms with Crippen molar-refractivity contribution in [2.24, 2.45) is 0 Å². The topological polar surface area (TPSA) is 84.9 Å². The highest BCUT2D eigenvalue weighted by molar-refractivity contribution is 6.00. The van der Waals surface area contributed by atoms with E-state index in [1.54, 1.807) is 25.2 Å². The van der Waals surface area contributed by atoms with Crippen LogP contribution in [0.25, 0.3) is 0 Å². The van der Waals surface area contributed by atoms with Crippen LogP contribution in [0.1, 0.15) is 25.3 Å². The molecule has 1 aromatic rings. The molecule has 21 heavy (non-hydrogen) atoms. The molecule has 112 valence electrons. The van der Waals surface area contributed by atoms with Crippen molar-refractivity contribution in [2.75, 3.05) is 12.4 Å². The van der Waals surface area contributed by atoms with Crippen LogP contribution in [-0.4, -0.2) is 29.9 Å². The van der Waals surface area contributed by atoms with Gasteiger partial charge in [0.15, 0.2) is 5.75 Å². The fourth-order valence-electron chi connectivity index (χ4n) is 1.88. The largest absolute Gasteiger partial charge is 0.461 e. The predicted octanol–water partition coefficient (Wildman–Crippen LogP) is 1.23. The maximum absolute atomic E-state index is 11.5. The van der Waals surface area contributed by atoms with E-state index in [1.807, 2.05) is 0 Å². The van der Waals surface area contributed by atoms with E-state index in [2.05, 4.69) is 5.32 Å². The van der Waals surface area contributed by atoms with Gasteiger partial charge in [0.25, 0.3) is 11.8 Å². The van der Waals surface area contributed by atoms with Gasteiger partial charge in [0.05, 0.1) is 5.69 Å². The average Bonchev–Trinajstić information content (AvgIpc) is 2.77. The minimum atomic E-state index is -0.366. The van der Waals surface area contributed by atoms with E-state index in [-0.39, 0.29) is 37.2 Å². The first-order valence-corrected chi connectivity index (χ1v) is 6.49. The first kappa shape index (κ1) is 14.8. The summed E-state index contributed by atoms with van der Waals surface area (Å²) in [5.74, 6) is -0.723. The normalized spacial score (nSPS) is 14.3. The van der Waals surface area contributed by atoms with E-state index >= 15 is 0 Å². The minimum Gasteiger partial charge on any atom is -0.461 e. The number of hydroxylamine groups is 2. The van der Waals surface area contributed by atoms with E-state index < -0.39 is 0 Å². The fraction of sp³-hybridized carbons (Fsp3) is 0.357. The monoisotopic (exact) mass is 292 g/mol. The average molecular weight is 292 g/mol. The molecule has 0 unspecified atom stereocenters. The Morgan fingerprint density at radius 1 is 1.29 bits per heavy atom. The molecule has 0 bridgehead atoms. The summed E-state index contributed by atoms with van der Waals surface area (Å²) in [5.41, 5.74) is 1.35. The summed E-state index contributed by atoms with van der Waals surface area (Å²) in [6, 6.07) is 5.04. The van der Waals surface area contributed by atoms with Crippen LogP contribution in [0.4, 0.5) is 5.69 Å². The Labute approximate surface area is 121 Å². The molecule has 1 N–H and O–H groups in total. The zero-order valence-corrected chi connectivity index (χ0v) is 11.8. The van der Waals surface area contributed by atoms with Crippen molar-refractivity contribution in [3.63, 3.8) is 0 Å². The lowest BCUT2D eigenvalue weighted by Crippen LogP contribution is -2.32. The lowest BCUT2D eigenvalue weighted by molar-refractivity contribution is -0.164. The standard InChI is InChI=1S/C14H16N2O5/c1-9(17)20-8-10-3-4-12(11(7-10)15-2)21-16-13(18)5-6-14(16)19/h3-4,7,15H,5-6,8H2,1-2H3. The smallest absolute Gasteiger partial charge is 0.302 e. The zero-order chi connectivity index (χ0) is 15.4. The molecule has 0 radical (unpaired) electrons. The number of amides is 2. The Hall–Kier alpha value is -2.57. The maximum Gasteiger partial charge on any atom is 0.302 e. The van der Waals surface area contributed by atoms with Crippen LogP contribution >= 0.6 is 0 Å². The number of nitrogens with zero attached hydrogens (tertiary/aromatic N) is 1. The molecule has 1 fully saturated rings. The number of benzene rings is 1. The minimum absolute atomic E-state index is 0.145. The van der Waals surface area contributed by atoms with Crippen LogP contribution in [-0.2, 0) is 25.7 Å². The van der Waals surface area contributed by atoms with Crippen LogP contribution < -0.4 is 10.2 Å². The highest BCUT2D eigenvalue weighted by Gasteiger charge is 2.31. The molecule has 0 aliphatic carbocycles. The molecule has 0 atom stereocenters. The molecule has 1 aliphatic heterocycles. The molecular weight excluding hydrogens is 276 g/mol. The SMILES string of the molecule is CNc1cc(COC(C)=O)ccc1ON1C(=O)CCC1=O. The quantitative estimate of drug-likeness (QED) is 0.649. The van der Waals surface area contributed by atoms with Crippen molar-refractivity contribution >= 4 is 23.5 Å². The molecule has 2 rings (SSSR count). The lowest BCUT2D eigenvalue weighted by Gasteiger charge is -2.17. The van der Waals surface area contributed by atoms with Gasteiger partial charge in [-0.3, -0.25) is 14.4 Å². The molecule has 1 saturated heterocycles. The number of esters is 1. The Morgan fingerprint density at radius 3 is 2.52 bits per heavy atom. The predicted molar refractivity (Wildman–Crippen MR) is 73.2 cm³/mol. The third kappa shape index (κ3) is 3.50. The third-order valence-electron chi connectivity index (χ3n) is 2.95. The van der Waals surface area contributed by atoms with Gasteiger partial charge >= 0.3 is 5.97 Å². The molecule has 7 heteroatoms. The van der Waals surface area contributed by atoms with Gasteiger partial charge in [-0.1, -0.05) is 6.07 Å². The Morgan fingerprint density at radius 2 is 1.95 bits per heavy atom. The molecule has 1 aliphatic rings. The molecule has 7 nitrogen and oxygen atoms in total. The maximum atomic E-state index is 11.5. The fourth-order valence-corrected chi connectivity index (χ4v) is 1.88. The van der Waals surface area contributed by atoms with E-state index in [1.165, 1.54) is 6.92 Å². The number of rotatable bonds is 5. The summed E-state index contributed by atoms with van der Waals surface area (Å²) in [7, 11) is 1.69. The zero-order valence-electron chi connectivity index (χ0n) is 11.8. The van der Waals surface area contributed by atoms with Crippen LogP contribution in [0, 0.1) is 0 Å². The van der Waals surface area contributed by atoms with Gasteiger partial charge in [0.2, 0.25) is 0 Å². The van der Waals surface area contributed by atoms with Crippen molar-refractivity contribution in [1.82, 2.24) is 5.06 Å². The molecular formula is C14H16N2O5. The Kier molecular flexibility index (Phi) is 4.42. The second-order valence-corrected chi connectivity index (χ2v) is 4.53. The number of anilines is 1. The second kappa shape index (κ2) is 6.25. The summed E-state index contributed by atoms with van der Waals surface area (Å²) in [6.07, 6.45) is 0.330. The summed E-state index contributed by atoms with van der Waals surface area (Å²) in [4.78, 5) is 39.2. The molecule has 1 aromatic carbocycles. The molecule has 1 heterocycles. The van der Waals surface area contributed by atoms with E-state index in [4.69, 9.17) is 9.57 Å². The van der Waals surface area contributed by atoms with Gasteiger partial charge in [0.1, 0.15) is 6.61 Å². The van der Waals surface area contributed by atoms with Crippen LogP contribution in [0.3, 0.4) is 0 Å². The lowest BCUT2D eigenvalue weighted by atomic mass is 10.2.